The number of barbiturate groups is 1. The van der Waals surface area contributed by atoms with Gasteiger partial charge in [0.1, 0.15) is 11.3 Å². The van der Waals surface area contributed by atoms with Crippen LogP contribution in [0.1, 0.15) is 11.3 Å². The molecule has 0 radical (unpaired) electrons. The van der Waals surface area contributed by atoms with Crippen LogP contribution >= 0.6 is 0 Å². The Labute approximate surface area is 138 Å². The van der Waals surface area contributed by atoms with Gasteiger partial charge < -0.3 is 4.42 Å². The zero-order valence-electron chi connectivity index (χ0n) is 12.6. The maximum absolute atomic E-state index is 12.4. The van der Waals surface area contributed by atoms with Crippen LogP contribution in [-0.4, -0.2) is 22.7 Å². The van der Waals surface area contributed by atoms with Gasteiger partial charge in [-0.1, -0.05) is 42.5 Å². The van der Waals surface area contributed by atoms with Crippen molar-refractivity contribution in [3.05, 3.63) is 77.8 Å². The molecule has 1 aliphatic heterocycles. The number of carbonyl (C=O) groups excluding carboxylic acids is 3. The second kappa shape index (κ2) is 6.78. The van der Waals surface area contributed by atoms with E-state index in [0.29, 0.717) is 5.76 Å². The van der Waals surface area contributed by atoms with Crippen LogP contribution in [0.5, 0.6) is 0 Å². The molecular formula is C18H14N2O4. The Kier molecular flexibility index (Phi) is 4.38. The fourth-order valence-electron chi connectivity index (χ4n) is 2.24. The van der Waals surface area contributed by atoms with Crippen LogP contribution in [-0.2, 0) is 16.1 Å². The average molecular weight is 322 g/mol. The van der Waals surface area contributed by atoms with Crippen molar-refractivity contribution in [2.75, 3.05) is 0 Å². The van der Waals surface area contributed by atoms with Crippen LogP contribution in [0.15, 0.2) is 70.9 Å². The minimum atomic E-state index is -0.759. The Morgan fingerprint density at radius 3 is 2.54 bits per heavy atom. The smallest absolute Gasteiger partial charge is 0.331 e. The first kappa shape index (κ1) is 15.5. The summed E-state index contributed by atoms with van der Waals surface area (Å²) in [5.74, 6) is -0.914. The topological polar surface area (TPSA) is 79.6 Å². The first-order valence-corrected chi connectivity index (χ1v) is 7.28. The number of furan rings is 1. The third kappa shape index (κ3) is 3.33. The number of imide groups is 2. The molecule has 3 rings (SSSR count). The molecule has 0 atom stereocenters. The number of hydrogen-bond donors (Lipinski definition) is 1. The quantitative estimate of drug-likeness (QED) is 0.693. The number of urea groups is 1. The van der Waals surface area contributed by atoms with E-state index in [0.717, 1.165) is 10.5 Å². The largest absolute Gasteiger partial charge is 0.467 e. The lowest BCUT2D eigenvalue weighted by molar-refractivity contribution is -0.130. The number of nitrogens with one attached hydrogen (secondary N) is 1. The van der Waals surface area contributed by atoms with Gasteiger partial charge in [0.25, 0.3) is 11.8 Å². The van der Waals surface area contributed by atoms with Crippen molar-refractivity contribution in [2.24, 2.45) is 0 Å². The highest BCUT2D eigenvalue weighted by molar-refractivity contribution is 6.28. The molecule has 6 nitrogen and oxygen atoms in total. The van der Waals surface area contributed by atoms with Crippen LogP contribution in [0, 0.1) is 0 Å². The lowest BCUT2D eigenvalue weighted by Crippen LogP contribution is -2.53. The van der Waals surface area contributed by atoms with E-state index in [1.165, 1.54) is 12.3 Å². The van der Waals surface area contributed by atoms with Gasteiger partial charge in [-0.05, 0) is 23.8 Å². The molecule has 1 saturated heterocycles. The van der Waals surface area contributed by atoms with Crippen LogP contribution in [0.4, 0.5) is 4.79 Å². The van der Waals surface area contributed by atoms with Gasteiger partial charge in [0.2, 0.25) is 0 Å². The van der Waals surface area contributed by atoms with Crippen molar-refractivity contribution in [1.29, 1.82) is 0 Å². The summed E-state index contributed by atoms with van der Waals surface area (Å²) in [6.45, 7) is -0.0370. The Hall–Kier alpha value is -3.41. The third-order valence-electron chi connectivity index (χ3n) is 3.43. The Balaban J connectivity index is 1.80. The lowest BCUT2D eigenvalue weighted by Gasteiger charge is -2.25. The number of hydrogen-bond acceptors (Lipinski definition) is 4. The molecule has 0 bridgehead atoms. The van der Waals surface area contributed by atoms with Crippen molar-refractivity contribution in [3.8, 4) is 0 Å². The first-order chi connectivity index (χ1) is 11.6. The van der Waals surface area contributed by atoms with Crippen LogP contribution in [0.2, 0.25) is 0 Å². The molecule has 2 heterocycles. The molecule has 6 heteroatoms. The van der Waals surface area contributed by atoms with Gasteiger partial charge in [0, 0.05) is 0 Å². The zero-order chi connectivity index (χ0) is 16.9. The molecule has 24 heavy (non-hydrogen) atoms. The van der Waals surface area contributed by atoms with Crippen molar-refractivity contribution in [3.63, 3.8) is 0 Å². The fourth-order valence-corrected chi connectivity index (χ4v) is 2.24. The number of amides is 4. The van der Waals surface area contributed by atoms with Gasteiger partial charge in [0.15, 0.2) is 0 Å². The monoisotopic (exact) mass is 322 g/mol. The molecule has 0 unspecified atom stereocenters. The van der Waals surface area contributed by atoms with Gasteiger partial charge in [0.05, 0.1) is 12.8 Å². The van der Waals surface area contributed by atoms with E-state index < -0.39 is 17.8 Å². The molecule has 2 aromatic rings. The first-order valence-electron chi connectivity index (χ1n) is 7.28. The highest BCUT2D eigenvalue weighted by Crippen LogP contribution is 2.14. The Morgan fingerprint density at radius 2 is 1.83 bits per heavy atom. The summed E-state index contributed by atoms with van der Waals surface area (Å²) < 4.78 is 5.14. The molecule has 0 aliphatic carbocycles. The molecule has 1 aromatic heterocycles. The number of carbonyl (C=O) groups is 3. The second-order valence-corrected chi connectivity index (χ2v) is 5.08. The molecule has 0 spiro atoms. The van der Waals surface area contributed by atoms with Crippen molar-refractivity contribution < 1.29 is 18.8 Å². The molecule has 1 aromatic carbocycles. The van der Waals surface area contributed by atoms with Crippen LogP contribution < -0.4 is 5.32 Å². The van der Waals surface area contributed by atoms with Gasteiger partial charge in [-0.3, -0.25) is 19.8 Å². The fraction of sp³-hybridized carbons (Fsp3) is 0.0556. The van der Waals surface area contributed by atoms with E-state index in [4.69, 9.17) is 4.42 Å². The Morgan fingerprint density at radius 1 is 1.04 bits per heavy atom. The molecule has 1 aliphatic rings. The molecule has 1 fully saturated rings. The molecule has 4 amide bonds. The zero-order valence-corrected chi connectivity index (χ0v) is 12.6. The summed E-state index contributed by atoms with van der Waals surface area (Å²) in [7, 11) is 0. The van der Waals surface area contributed by atoms with Crippen LogP contribution in [0.3, 0.4) is 0 Å². The molecule has 120 valence electrons. The Bertz CT molecular complexity index is 820. The lowest BCUT2D eigenvalue weighted by atomic mass is 10.1. The van der Waals surface area contributed by atoms with Crippen molar-refractivity contribution in [1.82, 2.24) is 10.2 Å². The van der Waals surface area contributed by atoms with E-state index in [1.54, 1.807) is 24.3 Å². The highest BCUT2D eigenvalue weighted by Gasteiger charge is 2.35. The highest BCUT2D eigenvalue weighted by atomic mass is 16.3. The molecular weight excluding hydrogens is 308 g/mol. The number of nitrogens with zero attached hydrogens (tertiary/aromatic N) is 1. The summed E-state index contributed by atoms with van der Waals surface area (Å²) in [6, 6.07) is 12.0. The van der Waals surface area contributed by atoms with Crippen molar-refractivity contribution in [2.45, 2.75) is 6.54 Å². The maximum atomic E-state index is 12.4. The minimum Gasteiger partial charge on any atom is -0.467 e. The van der Waals surface area contributed by atoms with Crippen LogP contribution in [0.25, 0.3) is 6.08 Å². The predicted molar refractivity (Wildman–Crippen MR) is 86.4 cm³/mol. The predicted octanol–water partition coefficient (Wildman–Crippen LogP) is 2.50. The standard InChI is InChI=1S/C18H14N2O4/c21-16-15(10-4-8-13-6-2-1-3-7-13)17(22)20(18(23)19-16)12-14-9-5-11-24-14/h1-11H,12H2,(H,19,21,23)/b8-4+,15-10+. The molecule has 0 saturated carbocycles. The SMILES string of the molecule is O=C1NC(=O)N(Cc2ccco2)C(=O)/C1=C/C=C/c1ccccc1. The van der Waals surface area contributed by atoms with E-state index in [-0.39, 0.29) is 12.1 Å². The minimum absolute atomic E-state index is 0.0370. The summed E-state index contributed by atoms with van der Waals surface area (Å²) >= 11 is 0. The van der Waals surface area contributed by atoms with Crippen molar-refractivity contribution >= 4 is 23.9 Å². The second-order valence-electron chi connectivity index (χ2n) is 5.08. The van der Waals surface area contributed by atoms with E-state index in [9.17, 15) is 14.4 Å². The van der Waals surface area contributed by atoms with Gasteiger partial charge in [-0.25, -0.2) is 4.79 Å². The number of allylic oxidation sites excluding steroid dienone is 2. The molecule has 1 N–H and O–H groups in total. The third-order valence-corrected chi connectivity index (χ3v) is 3.43. The van der Waals surface area contributed by atoms with E-state index >= 15 is 0 Å². The summed E-state index contributed by atoms with van der Waals surface area (Å²) in [6.07, 6.45) is 6.21. The summed E-state index contributed by atoms with van der Waals surface area (Å²) in [5.41, 5.74) is 0.829. The number of benzene rings is 1. The number of rotatable bonds is 4. The van der Waals surface area contributed by atoms with E-state index in [2.05, 4.69) is 5.32 Å². The average Bonchev–Trinajstić information content (AvgIpc) is 3.09. The summed E-state index contributed by atoms with van der Waals surface area (Å²) in [5, 5.41) is 2.15. The summed E-state index contributed by atoms with van der Waals surface area (Å²) in [4.78, 5) is 37.1. The van der Waals surface area contributed by atoms with Gasteiger partial charge in [-0.2, -0.15) is 0 Å². The normalized spacial score (nSPS) is 16.9. The van der Waals surface area contributed by atoms with Gasteiger partial charge in [-0.15, -0.1) is 0 Å². The van der Waals surface area contributed by atoms with E-state index in [1.807, 2.05) is 30.3 Å². The van der Waals surface area contributed by atoms with Gasteiger partial charge >= 0.3 is 6.03 Å². The maximum Gasteiger partial charge on any atom is 0.331 e.